The number of hydrogen-bond acceptors (Lipinski definition) is 8. The fourth-order valence-electron chi connectivity index (χ4n) is 2.30. The first kappa shape index (κ1) is 16.8. The van der Waals surface area contributed by atoms with E-state index < -0.39 is 28.1 Å². The molecule has 3 rings (SSSR count). The van der Waals surface area contributed by atoms with Gasteiger partial charge in [-0.25, -0.2) is 18.0 Å². The van der Waals surface area contributed by atoms with Crippen molar-refractivity contribution < 1.29 is 27.5 Å². The fraction of sp³-hybridized carbons (Fsp3) is 0.357. The first-order valence-corrected chi connectivity index (χ1v) is 9.44. The summed E-state index contributed by atoms with van der Waals surface area (Å²) in [7, 11) is -2.22. The maximum absolute atomic E-state index is 12.1. The number of hydrogen-bond donors (Lipinski definition) is 0. The molecule has 0 saturated carbocycles. The van der Waals surface area contributed by atoms with Crippen LogP contribution in [0.4, 0.5) is 5.69 Å². The number of carbonyl (C=O) groups excluding carboxylic acids is 2. The highest BCUT2D eigenvalue weighted by atomic mass is 32.2. The number of fused-ring (bicyclic) bond motifs is 3. The molecule has 0 amide bonds. The second-order valence-corrected chi connectivity index (χ2v) is 7.93. The topological polar surface area (TPSA) is 102 Å². The molecular weight excluding hydrogens is 356 g/mol. The molecule has 1 aromatic carbocycles. The van der Waals surface area contributed by atoms with Crippen LogP contribution in [0.15, 0.2) is 27.5 Å². The molecular formula is C14H14N2O6S2. The van der Waals surface area contributed by atoms with Gasteiger partial charge in [-0.15, -0.1) is 4.40 Å². The molecule has 2 aliphatic rings. The lowest BCUT2D eigenvalue weighted by molar-refractivity contribution is -0.149. The molecule has 1 unspecified atom stereocenters. The zero-order valence-corrected chi connectivity index (χ0v) is 14.5. The van der Waals surface area contributed by atoms with Crippen LogP contribution in [-0.2, 0) is 24.3 Å². The number of nitrogens with zero attached hydrogens (tertiary/aromatic N) is 2. The lowest BCUT2D eigenvalue weighted by atomic mass is 10.2. The highest BCUT2D eigenvalue weighted by Crippen LogP contribution is 2.42. The predicted octanol–water partition coefficient (Wildman–Crippen LogP) is 1.02. The zero-order chi connectivity index (χ0) is 17.5. The van der Waals surface area contributed by atoms with Gasteiger partial charge in [-0.1, -0.05) is 0 Å². The van der Waals surface area contributed by atoms with E-state index in [1.165, 1.54) is 25.8 Å². The maximum Gasteiger partial charge on any atom is 0.346 e. The number of esters is 2. The maximum atomic E-state index is 12.1. The standard InChI is InChI=1S/C14H14N2O6S2/c1-8(12(17)21-2)22-13(18)9-3-4-10-11(7-9)23-14-15-24(19,20)6-5-16(10)14/h3-4,7-8H,5-6H2,1-2H3. The average Bonchev–Trinajstić information content (AvgIpc) is 2.88. The van der Waals surface area contributed by atoms with E-state index in [0.29, 0.717) is 16.6 Å². The third-order valence-electron chi connectivity index (χ3n) is 3.53. The fourth-order valence-corrected chi connectivity index (χ4v) is 4.60. The second kappa shape index (κ2) is 6.10. The van der Waals surface area contributed by atoms with Crippen molar-refractivity contribution in [2.24, 2.45) is 4.40 Å². The molecule has 0 bridgehead atoms. The van der Waals surface area contributed by atoms with Crippen LogP contribution in [0.1, 0.15) is 17.3 Å². The van der Waals surface area contributed by atoms with Crippen LogP contribution in [0.2, 0.25) is 0 Å². The van der Waals surface area contributed by atoms with E-state index in [4.69, 9.17) is 4.74 Å². The van der Waals surface area contributed by atoms with Gasteiger partial charge in [0.2, 0.25) is 0 Å². The Kier molecular flexibility index (Phi) is 4.26. The van der Waals surface area contributed by atoms with E-state index in [2.05, 4.69) is 9.13 Å². The largest absolute Gasteiger partial charge is 0.466 e. The number of amidine groups is 1. The van der Waals surface area contributed by atoms with Crippen LogP contribution in [0, 0.1) is 0 Å². The molecule has 1 atom stereocenters. The van der Waals surface area contributed by atoms with Crippen molar-refractivity contribution in [3.8, 4) is 0 Å². The van der Waals surface area contributed by atoms with Crippen molar-refractivity contribution in [2.75, 3.05) is 24.3 Å². The molecule has 128 valence electrons. The summed E-state index contributed by atoms with van der Waals surface area (Å²) in [5.74, 6) is -1.34. The van der Waals surface area contributed by atoms with Crippen molar-refractivity contribution in [1.82, 2.24) is 0 Å². The van der Waals surface area contributed by atoms with Gasteiger partial charge < -0.3 is 14.4 Å². The van der Waals surface area contributed by atoms with Crippen LogP contribution < -0.4 is 4.90 Å². The first-order valence-electron chi connectivity index (χ1n) is 7.01. The highest BCUT2D eigenvalue weighted by molar-refractivity contribution is 8.15. The van der Waals surface area contributed by atoms with Crippen molar-refractivity contribution in [1.29, 1.82) is 0 Å². The Hall–Kier alpha value is -2.07. The summed E-state index contributed by atoms with van der Waals surface area (Å²) < 4.78 is 36.5. The molecule has 0 aliphatic carbocycles. The summed E-state index contributed by atoms with van der Waals surface area (Å²) >= 11 is 1.18. The summed E-state index contributed by atoms with van der Waals surface area (Å²) in [4.78, 5) is 25.9. The van der Waals surface area contributed by atoms with Crippen molar-refractivity contribution in [3.63, 3.8) is 0 Å². The van der Waals surface area contributed by atoms with E-state index >= 15 is 0 Å². The third-order valence-corrected chi connectivity index (χ3v) is 5.83. The molecule has 8 nitrogen and oxygen atoms in total. The summed E-state index contributed by atoms with van der Waals surface area (Å²) in [6, 6.07) is 4.87. The number of carbonyl (C=O) groups is 2. The minimum Gasteiger partial charge on any atom is -0.466 e. The SMILES string of the molecule is COC(=O)C(C)OC(=O)c1ccc2c(c1)SC1=NS(=O)(=O)CCN12. The summed E-state index contributed by atoms with van der Waals surface area (Å²) in [6.45, 7) is 1.75. The minimum atomic E-state index is -3.43. The normalized spacial score (nSPS) is 18.9. The number of ether oxygens (including phenoxy) is 2. The zero-order valence-electron chi connectivity index (χ0n) is 12.9. The van der Waals surface area contributed by atoms with Gasteiger partial charge in [-0.2, -0.15) is 0 Å². The summed E-state index contributed by atoms with van der Waals surface area (Å²) in [5.41, 5.74) is 1.06. The molecule has 0 N–H and O–H groups in total. The number of thioether (sulfide) groups is 1. The van der Waals surface area contributed by atoms with Crippen molar-refractivity contribution in [3.05, 3.63) is 23.8 Å². The van der Waals surface area contributed by atoms with Crippen LogP contribution in [0.25, 0.3) is 0 Å². The molecule has 24 heavy (non-hydrogen) atoms. The van der Waals surface area contributed by atoms with Gasteiger partial charge >= 0.3 is 11.9 Å². The Morgan fingerprint density at radius 2 is 2.12 bits per heavy atom. The number of rotatable bonds is 3. The number of anilines is 1. The second-order valence-electron chi connectivity index (χ2n) is 5.17. The third kappa shape index (κ3) is 3.11. The van der Waals surface area contributed by atoms with Gasteiger partial charge in [0.25, 0.3) is 10.0 Å². The minimum absolute atomic E-state index is 0.0447. The van der Waals surface area contributed by atoms with Gasteiger partial charge in [0.15, 0.2) is 11.3 Å². The molecule has 2 aliphatic heterocycles. The molecule has 0 radical (unpaired) electrons. The van der Waals surface area contributed by atoms with Gasteiger partial charge in [-0.3, -0.25) is 0 Å². The molecule has 0 saturated heterocycles. The molecule has 0 fully saturated rings. The van der Waals surface area contributed by atoms with Crippen molar-refractivity contribution >= 4 is 44.6 Å². The molecule has 2 heterocycles. The van der Waals surface area contributed by atoms with E-state index in [-0.39, 0.29) is 11.3 Å². The van der Waals surface area contributed by atoms with Gasteiger partial charge in [0.1, 0.15) is 0 Å². The van der Waals surface area contributed by atoms with E-state index in [1.807, 2.05) is 0 Å². The predicted molar refractivity (Wildman–Crippen MR) is 87.8 cm³/mol. The number of sulfonamides is 1. The lowest BCUT2D eigenvalue weighted by Crippen LogP contribution is -2.35. The molecule has 1 aromatic rings. The van der Waals surface area contributed by atoms with E-state index in [9.17, 15) is 18.0 Å². The summed E-state index contributed by atoms with van der Waals surface area (Å²) in [6.07, 6.45) is -1.01. The summed E-state index contributed by atoms with van der Waals surface area (Å²) in [5, 5.41) is 0.379. The molecule has 0 spiro atoms. The van der Waals surface area contributed by atoms with E-state index in [1.54, 1.807) is 23.1 Å². The Balaban J connectivity index is 1.82. The highest BCUT2D eigenvalue weighted by Gasteiger charge is 2.33. The Morgan fingerprint density at radius 1 is 1.38 bits per heavy atom. The molecule has 0 aromatic heterocycles. The quantitative estimate of drug-likeness (QED) is 0.727. The lowest BCUT2D eigenvalue weighted by Gasteiger charge is -2.22. The van der Waals surface area contributed by atoms with Crippen LogP contribution >= 0.6 is 11.8 Å². The first-order chi connectivity index (χ1) is 11.3. The Bertz CT molecular complexity index is 849. The Labute approximate surface area is 142 Å². The number of methoxy groups -OCH3 is 1. The van der Waals surface area contributed by atoms with Crippen LogP contribution in [-0.4, -0.2) is 51.0 Å². The van der Waals surface area contributed by atoms with E-state index in [0.717, 1.165) is 5.69 Å². The van der Waals surface area contributed by atoms with Crippen molar-refractivity contribution in [2.45, 2.75) is 17.9 Å². The smallest absolute Gasteiger partial charge is 0.346 e. The monoisotopic (exact) mass is 370 g/mol. The van der Waals surface area contributed by atoms with Crippen LogP contribution in [0.3, 0.4) is 0 Å². The molecule has 10 heteroatoms. The van der Waals surface area contributed by atoms with Gasteiger partial charge in [0.05, 0.1) is 24.1 Å². The number of benzene rings is 1. The van der Waals surface area contributed by atoms with Crippen LogP contribution in [0.5, 0.6) is 0 Å². The van der Waals surface area contributed by atoms with Gasteiger partial charge in [-0.05, 0) is 36.9 Å². The average molecular weight is 370 g/mol. The van der Waals surface area contributed by atoms with Gasteiger partial charge in [0, 0.05) is 11.4 Å². The Morgan fingerprint density at radius 3 is 2.83 bits per heavy atom.